The number of halogens is 2. The molecular weight excluding hydrogens is 525 g/mol. The molecule has 0 bridgehead atoms. The Kier molecular flexibility index (Phi) is 6.88. The zero-order valence-corrected chi connectivity index (χ0v) is 18.8. The van der Waals surface area contributed by atoms with Gasteiger partial charge in [0.15, 0.2) is 10.9 Å². The van der Waals surface area contributed by atoms with Gasteiger partial charge in [-0.2, -0.15) is 0 Å². The van der Waals surface area contributed by atoms with Crippen LogP contribution in [0.5, 0.6) is 0 Å². The van der Waals surface area contributed by atoms with Gasteiger partial charge in [0.1, 0.15) is 0 Å². The molecule has 0 aliphatic carbocycles. The minimum Gasteiger partial charge on any atom is -0.459 e. The van der Waals surface area contributed by atoms with Gasteiger partial charge in [-0.3, -0.25) is 14.9 Å². The summed E-state index contributed by atoms with van der Waals surface area (Å²) >= 11 is 13.4. The molecule has 0 saturated carbocycles. The van der Waals surface area contributed by atoms with Crippen LogP contribution in [-0.2, 0) is 0 Å². The lowest BCUT2D eigenvalue weighted by molar-refractivity contribution is 0.0975. The van der Waals surface area contributed by atoms with Crippen molar-refractivity contribution in [3.63, 3.8) is 0 Å². The average molecular weight is 540 g/mol. The number of thiocarbonyl (C=S) groups is 1. The number of nitrogens with one attached hydrogen (secondary N) is 3. The number of aryl methyl sites for hydroxylation is 1. The monoisotopic (exact) mass is 539 g/mol. The molecule has 6 nitrogen and oxygen atoms in total. The Bertz CT molecular complexity index is 1090. The van der Waals surface area contributed by atoms with Crippen LogP contribution >= 0.6 is 46.4 Å². The molecule has 1 heterocycles. The van der Waals surface area contributed by atoms with Gasteiger partial charge in [0.05, 0.1) is 16.8 Å². The smallest absolute Gasteiger partial charge is 0.291 e. The Morgan fingerprint density at radius 2 is 1.86 bits per heavy atom. The van der Waals surface area contributed by atoms with Crippen molar-refractivity contribution in [3.05, 3.63) is 80.3 Å². The first-order chi connectivity index (χ1) is 13.8. The van der Waals surface area contributed by atoms with Crippen LogP contribution in [0.2, 0.25) is 5.02 Å². The minimum absolute atomic E-state index is 0.113. The Balaban J connectivity index is 1.69. The van der Waals surface area contributed by atoms with Gasteiger partial charge in [-0.15, -0.1) is 0 Å². The third kappa shape index (κ3) is 5.55. The number of hydrogen-bond acceptors (Lipinski definition) is 4. The summed E-state index contributed by atoms with van der Waals surface area (Å²) in [5, 5.41) is 8.78. The topological polar surface area (TPSA) is 83.4 Å². The highest BCUT2D eigenvalue weighted by atomic mass is 127. The van der Waals surface area contributed by atoms with E-state index in [0.29, 0.717) is 22.0 Å². The van der Waals surface area contributed by atoms with Crippen molar-refractivity contribution < 1.29 is 14.0 Å². The maximum Gasteiger partial charge on any atom is 0.291 e. The van der Waals surface area contributed by atoms with Crippen molar-refractivity contribution >= 4 is 74.7 Å². The van der Waals surface area contributed by atoms with E-state index in [1.54, 1.807) is 36.4 Å². The molecule has 9 heteroatoms. The summed E-state index contributed by atoms with van der Waals surface area (Å²) < 4.78 is 5.96. The van der Waals surface area contributed by atoms with Crippen LogP contribution in [0.25, 0.3) is 0 Å². The quantitative estimate of drug-likeness (QED) is 0.313. The number of carbonyl (C=O) groups is 2. The predicted octanol–water partition coefficient (Wildman–Crippen LogP) is 5.23. The second-order valence-electron chi connectivity index (χ2n) is 5.99. The summed E-state index contributed by atoms with van der Waals surface area (Å²) in [6, 6.07) is 13.6. The molecule has 2 amide bonds. The first kappa shape index (κ1) is 21.3. The van der Waals surface area contributed by atoms with Crippen LogP contribution in [0.1, 0.15) is 26.5 Å². The normalized spacial score (nSPS) is 10.3. The summed E-state index contributed by atoms with van der Waals surface area (Å²) in [5.41, 5.74) is 2.40. The molecule has 2 aromatic carbocycles. The summed E-state index contributed by atoms with van der Waals surface area (Å²) in [6.07, 6.45) is 1.43. The van der Waals surface area contributed by atoms with Crippen molar-refractivity contribution in [1.82, 2.24) is 5.32 Å². The molecule has 0 saturated heterocycles. The van der Waals surface area contributed by atoms with Gasteiger partial charge in [-0.25, -0.2) is 0 Å². The van der Waals surface area contributed by atoms with Crippen molar-refractivity contribution in [2.24, 2.45) is 0 Å². The van der Waals surface area contributed by atoms with Gasteiger partial charge < -0.3 is 15.1 Å². The molecule has 0 spiro atoms. The fraction of sp³-hybridized carbons (Fsp3) is 0.0500. The molecule has 148 valence electrons. The van der Waals surface area contributed by atoms with Crippen LogP contribution in [0.15, 0.2) is 59.2 Å². The van der Waals surface area contributed by atoms with E-state index in [1.807, 2.05) is 19.1 Å². The van der Waals surface area contributed by atoms with Crippen molar-refractivity contribution in [2.45, 2.75) is 6.92 Å². The lowest BCUT2D eigenvalue weighted by Crippen LogP contribution is -2.34. The zero-order valence-electron chi connectivity index (χ0n) is 15.1. The Hall–Kier alpha value is -2.43. The van der Waals surface area contributed by atoms with Crippen LogP contribution < -0.4 is 16.0 Å². The molecule has 0 aliphatic heterocycles. The molecule has 3 rings (SSSR count). The highest BCUT2D eigenvalue weighted by molar-refractivity contribution is 14.1. The number of rotatable bonds is 4. The summed E-state index contributed by atoms with van der Waals surface area (Å²) in [6.45, 7) is 1.88. The SMILES string of the molecule is Cc1ccc(NC(=O)c2ccco2)cc1NC(=S)NC(=O)c1cc(I)ccc1Cl. The van der Waals surface area contributed by atoms with Crippen LogP contribution in [0.4, 0.5) is 11.4 Å². The lowest BCUT2D eigenvalue weighted by Gasteiger charge is -2.14. The molecule has 3 N–H and O–H groups in total. The number of carbonyl (C=O) groups excluding carboxylic acids is 2. The van der Waals surface area contributed by atoms with E-state index in [0.717, 1.165) is 9.13 Å². The third-order valence-electron chi connectivity index (χ3n) is 3.89. The first-order valence-corrected chi connectivity index (χ1v) is 10.2. The van der Waals surface area contributed by atoms with Gasteiger partial charge in [0, 0.05) is 14.9 Å². The fourth-order valence-electron chi connectivity index (χ4n) is 2.43. The van der Waals surface area contributed by atoms with Gasteiger partial charge in [0.25, 0.3) is 11.8 Å². The predicted molar refractivity (Wildman–Crippen MR) is 126 cm³/mol. The lowest BCUT2D eigenvalue weighted by atomic mass is 10.1. The third-order valence-corrected chi connectivity index (χ3v) is 5.09. The maximum absolute atomic E-state index is 12.5. The molecule has 1 aromatic heterocycles. The van der Waals surface area contributed by atoms with E-state index in [-0.39, 0.29) is 16.8 Å². The van der Waals surface area contributed by atoms with Crippen LogP contribution in [-0.4, -0.2) is 16.9 Å². The zero-order chi connectivity index (χ0) is 21.0. The number of hydrogen-bond donors (Lipinski definition) is 3. The van der Waals surface area contributed by atoms with E-state index in [1.165, 1.54) is 6.26 Å². The van der Waals surface area contributed by atoms with Gasteiger partial charge >= 0.3 is 0 Å². The number of benzene rings is 2. The highest BCUT2D eigenvalue weighted by Crippen LogP contribution is 2.22. The number of anilines is 2. The largest absolute Gasteiger partial charge is 0.459 e. The molecule has 29 heavy (non-hydrogen) atoms. The van der Waals surface area contributed by atoms with Gasteiger partial charge in [-0.1, -0.05) is 17.7 Å². The molecule has 0 atom stereocenters. The molecular formula is C20H15ClIN3O3S. The van der Waals surface area contributed by atoms with E-state index in [9.17, 15) is 9.59 Å². The summed E-state index contributed by atoms with van der Waals surface area (Å²) in [7, 11) is 0. The molecule has 0 fully saturated rings. The molecule has 0 aliphatic rings. The standard InChI is InChI=1S/C20H15ClIN3O3S/c1-11-4-6-13(23-19(27)17-3-2-8-28-17)10-16(11)24-20(29)25-18(26)14-9-12(22)5-7-15(14)21/h2-10H,1H3,(H,23,27)(H2,24,25,26,29). The van der Waals surface area contributed by atoms with E-state index < -0.39 is 5.91 Å². The first-order valence-electron chi connectivity index (χ1n) is 8.36. The van der Waals surface area contributed by atoms with E-state index in [2.05, 4.69) is 38.5 Å². The molecule has 3 aromatic rings. The van der Waals surface area contributed by atoms with Gasteiger partial charge in [-0.05, 0) is 89.8 Å². The van der Waals surface area contributed by atoms with E-state index in [4.69, 9.17) is 28.2 Å². The van der Waals surface area contributed by atoms with Crippen LogP contribution in [0, 0.1) is 10.5 Å². The summed E-state index contributed by atoms with van der Waals surface area (Å²) in [5.74, 6) is -0.572. The van der Waals surface area contributed by atoms with Crippen molar-refractivity contribution in [1.29, 1.82) is 0 Å². The highest BCUT2D eigenvalue weighted by Gasteiger charge is 2.14. The second-order valence-corrected chi connectivity index (χ2v) is 8.05. The fourth-order valence-corrected chi connectivity index (χ4v) is 3.33. The van der Waals surface area contributed by atoms with E-state index >= 15 is 0 Å². The average Bonchev–Trinajstić information content (AvgIpc) is 3.21. The Labute approximate surface area is 191 Å². The number of furan rings is 1. The second kappa shape index (κ2) is 9.38. The maximum atomic E-state index is 12.5. The van der Waals surface area contributed by atoms with Gasteiger partial charge in [0.2, 0.25) is 0 Å². The summed E-state index contributed by atoms with van der Waals surface area (Å²) in [4.78, 5) is 24.6. The minimum atomic E-state index is -0.411. The van der Waals surface area contributed by atoms with Crippen molar-refractivity contribution in [3.8, 4) is 0 Å². The Morgan fingerprint density at radius 3 is 2.59 bits per heavy atom. The molecule has 0 radical (unpaired) electrons. The molecule has 0 unspecified atom stereocenters. The van der Waals surface area contributed by atoms with Crippen molar-refractivity contribution in [2.75, 3.05) is 10.6 Å². The van der Waals surface area contributed by atoms with Crippen LogP contribution in [0.3, 0.4) is 0 Å². The Morgan fingerprint density at radius 1 is 1.07 bits per heavy atom. The number of amides is 2.